The first-order valence-electron chi connectivity index (χ1n) is 5.34. The summed E-state index contributed by atoms with van der Waals surface area (Å²) < 4.78 is 5.22. The summed E-state index contributed by atoms with van der Waals surface area (Å²) in [7, 11) is 1.64. The second-order valence-electron chi connectivity index (χ2n) is 3.70. The topological polar surface area (TPSA) is 29.5 Å². The van der Waals surface area contributed by atoms with Crippen molar-refractivity contribution < 1.29 is 9.84 Å². The molecule has 0 aliphatic heterocycles. The van der Waals surface area contributed by atoms with Gasteiger partial charge in [-0.3, -0.25) is 0 Å². The van der Waals surface area contributed by atoms with Crippen molar-refractivity contribution in [1.29, 1.82) is 0 Å². The van der Waals surface area contributed by atoms with E-state index >= 15 is 0 Å². The molecule has 0 atom stereocenters. The lowest BCUT2D eigenvalue weighted by Gasteiger charge is -2.09. The molecule has 1 N–H and O–H groups in total. The molecule has 0 fully saturated rings. The van der Waals surface area contributed by atoms with E-state index in [1.807, 2.05) is 36.4 Å². The largest absolute Gasteiger partial charge is 0.508 e. The Labute approximate surface area is 101 Å². The fourth-order valence-electron chi connectivity index (χ4n) is 1.73. The smallest absolute Gasteiger partial charge is 0.119 e. The molecule has 0 aliphatic carbocycles. The van der Waals surface area contributed by atoms with Crippen molar-refractivity contribution in [1.82, 2.24) is 0 Å². The number of hydrogen-bond donors (Lipinski definition) is 1. The van der Waals surface area contributed by atoms with E-state index in [0.717, 1.165) is 22.4 Å². The van der Waals surface area contributed by atoms with Crippen molar-refractivity contribution in [2.45, 2.75) is 0 Å². The Bertz CT molecular complexity index is 527. The van der Waals surface area contributed by atoms with Gasteiger partial charge in [-0.15, -0.1) is 0 Å². The van der Waals surface area contributed by atoms with E-state index in [0.29, 0.717) is 0 Å². The van der Waals surface area contributed by atoms with Gasteiger partial charge in [-0.1, -0.05) is 30.9 Å². The number of rotatable bonds is 3. The Hall–Kier alpha value is -2.22. The molecule has 86 valence electrons. The molecule has 0 unspecified atom stereocenters. The predicted octanol–water partition coefficient (Wildman–Crippen LogP) is 3.71. The van der Waals surface area contributed by atoms with Crippen molar-refractivity contribution in [2.24, 2.45) is 0 Å². The molecule has 2 nitrogen and oxygen atoms in total. The molecular weight excluding hydrogens is 212 g/mol. The molecule has 0 saturated heterocycles. The average Bonchev–Trinajstić information content (AvgIpc) is 2.39. The highest BCUT2D eigenvalue weighted by Gasteiger charge is 2.04. The Balaban J connectivity index is 2.55. The third-order valence-electron chi connectivity index (χ3n) is 2.66. The number of benzene rings is 2. The number of ether oxygens (including phenoxy) is 1. The number of aromatic hydroxyl groups is 1. The van der Waals surface area contributed by atoms with E-state index in [4.69, 9.17) is 4.74 Å². The summed E-state index contributed by atoms with van der Waals surface area (Å²) in [5.41, 5.74) is 3.10. The van der Waals surface area contributed by atoms with Gasteiger partial charge in [0.05, 0.1) is 7.11 Å². The molecule has 2 rings (SSSR count). The third kappa shape index (κ3) is 2.31. The van der Waals surface area contributed by atoms with Crippen LogP contribution in [0.15, 0.2) is 49.0 Å². The molecule has 2 aromatic rings. The van der Waals surface area contributed by atoms with Crippen molar-refractivity contribution >= 4 is 6.08 Å². The van der Waals surface area contributed by atoms with Crippen LogP contribution in [0.25, 0.3) is 17.2 Å². The summed E-state index contributed by atoms with van der Waals surface area (Å²) in [5.74, 6) is 1.07. The Morgan fingerprint density at radius 2 is 1.82 bits per heavy atom. The van der Waals surface area contributed by atoms with Gasteiger partial charge in [0, 0.05) is 0 Å². The molecular formula is C15H14O2. The molecule has 0 saturated carbocycles. The summed E-state index contributed by atoms with van der Waals surface area (Å²) in [6.45, 7) is 3.80. The Morgan fingerprint density at radius 3 is 2.41 bits per heavy atom. The van der Waals surface area contributed by atoms with E-state index in [1.165, 1.54) is 0 Å². The van der Waals surface area contributed by atoms with Crippen molar-refractivity contribution in [3.05, 3.63) is 54.6 Å². The average molecular weight is 226 g/mol. The lowest BCUT2D eigenvalue weighted by atomic mass is 9.99. The summed E-state index contributed by atoms with van der Waals surface area (Å²) in [5, 5.41) is 9.29. The molecule has 0 aliphatic rings. The van der Waals surface area contributed by atoms with Crippen LogP contribution in [0.3, 0.4) is 0 Å². The minimum atomic E-state index is 0.261. The molecule has 0 bridgehead atoms. The molecule has 17 heavy (non-hydrogen) atoms. The van der Waals surface area contributed by atoms with Crippen LogP contribution in [-0.4, -0.2) is 12.2 Å². The summed E-state index contributed by atoms with van der Waals surface area (Å²) in [6, 6.07) is 12.9. The van der Waals surface area contributed by atoms with E-state index in [9.17, 15) is 5.11 Å². The molecule has 0 heterocycles. The molecule has 0 amide bonds. The van der Waals surface area contributed by atoms with Gasteiger partial charge in [0.1, 0.15) is 11.5 Å². The first-order chi connectivity index (χ1) is 8.24. The van der Waals surface area contributed by atoms with Gasteiger partial charge in [-0.25, -0.2) is 0 Å². The first kappa shape index (κ1) is 11.3. The molecule has 0 radical (unpaired) electrons. The zero-order valence-corrected chi connectivity index (χ0v) is 9.68. The zero-order valence-electron chi connectivity index (χ0n) is 9.68. The van der Waals surface area contributed by atoms with Crippen LogP contribution in [0, 0.1) is 0 Å². The van der Waals surface area contributed by atoms with E-state index < -0.39 is 0 Å². The highest BCUT2D eigenvalue weighted by Crippen LogP contribution is 2.29. The lowest BCUT2D eigenvalue weighted by molar-refractivity contribution is 0.415. The van der Waals surface area contributed by atoms with Crippen molar-refractivity contribution in [3.63, 3.8) is 0 Å². The molecule has 2 heteroatoms. The van der Waals surface area contributed by atoms with Gasteiger partial charge in [-0.05, 0) is 41.0 Å². The minimum Gasteiger partial charge on any atom is -0.508 e. The van der Waals surface area contributed by atoms with Gasteiger partial charge in [0.15, 0.2) is 0 Å². The normalized spacial score (nSPS) is 9.94. The maximum Gasteiger partial charge on any atom is 0.119 e. The van der Waals surface area contributed by atoms with Crippen LogP contribution in [0.4, 0.5) is 0 Å². The van der Waals surface area contributed by atoms with Crippen LogP contribution in [0.1, 0.15) is 5.56 Å². The number of phenolic OH excluding ortho intramolecular Hbond substituents is 1. The summed E-state index contributed by atoms with van der Waals surface area (Å²) >= 11 is 0. The van der Waals surface area contributed by atoms with Gasteiger partial charge in [0.25, 0.3) is 0 Å². The van der Waals surface area contributed by atoms with Crippen LogP contribution in [0.2, 0.25) is 0 Å². The molecule has 2 aromatic carbocycles. The molecule has 0 aromatic heterocycles. The fraction of sp³-hybridized carbons (Fsp3) is 0.0667. The summed E-state index contributed by atoms with van der Waals surface area (Å²) in [6.07, 6.45) is 1.81. The van der Waals surface area contributed by atoms with Crippen molar-refractivity contribution in [2.75, 3.05) is 7.11 Å². The minimum absolute atomic E-state index is 0.261. The zero-order chi connectivity index (χ0) is 12.3. The van der Waals surface area contributed by atoms with Gasteiger partial charge >= 0.3 is 0 Å². The maximum absolute atomic E-state index is 9.29. The van der Waals surface area contributed by atoms with Gasteiger partial charge < -0.3 is 9.84 Å². The highest BCUT2D eigenvalue weighted by molar-refractivity contribution is 5.76. The van der Waals surface area contributed by atoms with E-state index in [2.05, 4.69) is 6.58 Å². The van der Waals surface area contributed by atoms with E-state index in [-0.39, 0.29) is 5.75 Å². The van der Waals surface area contributed by atoms with Crippen LogP contribution in [0.5, 0.6) is 11.5 Å². The predicted molar refractivity (Wildman–Crippen MR) is 70.2 cm³/mol. The first-order valence-corrected chi connectivity index (χ1v) is 5.34. The number of phenols is 1. The quantitative estimate of drug-likeness (QED) is 0.864. The fourth-order valence-corrected chi connectivity index (χ4v) is 1.73. The second-order valence-corrected chi connectivity index (χ2v) is 3.70. The number of methoxy groups -OCH3 is 1. The summed E-state index contributed by atoms with van der Waals surface area (Å²) in [4.78, 5) is 0. The van der Waals surface area contributed by atoms with Crippen LogP contribution < -0.4 is 4.74 Å². The highest BCUT2D eigenvalue weighted by atomic mass is 16.5. The SMILES string of the molecule is C=Cc1ccc(OC)cc1-c1ccc(O)cc1. The Morgan fingerprint density at radius 1 is 1.12 bits per heavy atom. The van der Waals surface area contributed by atoms with Crippen LogP contribution >= 0.6 is 0 Å². The Kier molecular flexibility index (Phi) is 3.15. The monoisotopic (exact) mass is 226 g/mol. The number of hydrogen-bond acceptors (Lipinski definition) is 2. The lowest BCUT2D eigenvalue weighted by Crippen LogP contribution is -1.87. The standard InChI is InChI=1S/C15H14O2/c1-3-11-6-9-14(17-2)10-15(11)12-4-7-13(16)8-5-12/h3-10,16H,1H2,2H3. The van der Waals surface area contributed by atoms with Crippen molar-refractivity contribution in [3.8, 4) is 22.6 Å². The maximum atomic E-state index is 9.29. The van der Waals surface area contributed by atoms with Gasteiger partial charge in [-0.2, -0.15) is 0 Å². The van der Waals surface area contributed by atoms with Crippen LogP contribution in [-0.2, 0) is 0 Å². The second kappa shape index (κ2) is 4.74. The van der Waals surface area contributed by atoms with Gasteiger partial charge in [0.2, 0.25) is 0 Å². The third-order valence-corrected chi connectivity index (χ3v) is 2.66. The van der Waals surface area contributed by atoms with E-state index in [1.54, 1.807) is 19.2 Å². The molecule has 0 spiro atoms.